The van der Waals surface area contributed by atoms with Crippen molar-refractivity contribution in [2.45, 2.75) is 13.0 Å². The third-order valence-electron chi connectivity index (χ3n) is 2.34. The van der Waals surface area contributed by atoms with Crippen molar-refractivity contribution in [2.75, 3.05) is 0 Å². The topological polar surface area (TPSA) is 51.8 Å². The number of nitrogens with two attached hydrogens (primary N) is 1. The first-order valence-electron chi connectivity index (χ1n) is 5.14. The van der Waals surface area contributed by atoms with Crippen LogP contribution in [-0.2, 0) is 13.0 Å². The van der Waals surface area contributed by atoms with Crippen LogP contribution in [0.4, 0.5) is 0 Å². The van der Waals surface area contributed by atoms with Crippen LogP contribution in [0.3, 0.4) is 0 Å². The maximum Gasteiger partial charge on any atom is 0.133 e. The molecule has 0 saturated carbocycles. The molecule has 0 saturated heterocycles. The lowest BCUT2D eigenvalue weighted by Gasteiger charge is -2.05. The van der Waals surface area contributed by atoms with Crippen molar-refractivity contribution in [2.24, 2.45) is 5.73 Å². The average Bonchev–Trinajstić information content (AvgIpc) is 2.33. The molecule has 0 unspecified atom stereocenters. The van der Waals surface area contributed by atoms with Gasteiger partial charge in [-0.25, -0.2) is 9.97 Å². The standard InChI is InChI=1S/C12H11Cl2N3/c13-9-2-1-8(11(14)6-9)5-12-16-4-3-10(7-15)17-12/h1-4,6H,5,7,15H2. The molecule has 2 N–H and O–H groups in total. The molecule has 0 aliphatic rings. The first-order chi connectivity index (χ1) is 8.19. The summed E-state index contributed by atoms with van der Waals surface area (Å²) < 4.78 is 0. The van der Waals surface area contributed by atoms with Gasteiger partial charge >= 0.3 is 0 Å². The van der Waals surface area contributed by atoms with Crippen molar-refractivity contribution in [3.8, 4) is 0 Å². The maximum absolute atomic E-state index is 6.09. The fourth-order valence-corrected chi connectivity index (χ4v) is 1.95. The van der Waals surface area contributed by atoms with Crippen LogP contribution in [0, 0.1) is 0 Å². The van der Waals surface area contributed by atoms with Gasteiger partial charge in [-0.15, -0.1) is 0 Å². The summed E-state index contributed by atoms with van der Waals surface area (Å²) in [5.41, 5.74) is 7.30. The Morgan fingerprint density at radius 2 is 2.00 bits per heavy atom. The molecule has 0 atom stereocenters. The second-order valence-corrected chi connectivity index (χ2v) is 4.42. The van der Waals surface area contributed by atoms with Crippen LogP contribution in [-0.4, -0.2) is 9.97 Å². The third kappa shape index (κ3) is 3.16. The van der Waals surface area contributed by atoms with E-state index in [1.165, 1.54) is 0 Å². The number of hydrogen-bond donors (Lipinski definition) is 1. The van der Waals surface area contributed by atoms with Crippen LogP contribution in [0.5, 0.6) is 0 Å². The highest BCUT2D eigenvalue weighted by Crippen LogP contribution is 2.22. The monoisotopic (exact) mass is 267 g/mol. The van der Waals surface area contributed by atoms with E-state index < -0.39 is 0 Å². The van der Waals surface area contributed by atoms with Gasteiger partial charge in [0.15, 0.2) is 0 Å². The number of halogens is 2. The molecule has 3 nitrogen and oxygen atoms in total. The van der Waals surface area contributed by atoms with Crippen LogP contribution in [0.1, 0.15) is 17.1 Å². The highest BCUT2D eigenvalue weighted by Gasteiger charge is 2.05. The predicted octanol–water partition coefficient (Wildman–Crippen LogP) is 2.83. The fourth-order valence-electron chi connectivity index (χ4n) is 1.48. The van der Waals surface area contributed by atoms with Crippen molar-refractivity contribution in [3.05, 3.63) is 57.6 Å². The molecule has 0 aliphatic carbocycles. The van der Waals surface area contributed by atoms with Gasteiger partial charge in [0.25, 0.3) is 0 Å². The highest BCUT2D eigenvalue weighted by molar-refractivity contribution is 6.35. The Morgan fingerprint density at radius 3 is 2.71 bits per heavy atom. The summed E-state index contributed by atoms with van der Waals surface area (Å²) in [7, 11) is 0. The van der Waals surface area contributed by atoms with E-state index in [4.69, 9.17) is 28.9 Å². The van der Waals surface area contributed by atoms with Gasteiger partial charge in [-0.1, -0.05) is 29.3 Å². The smallest absolute Gasteiger partial charge is 0.133 e. The Hall–Kier alpha value is -1.16. The lowest BCUT2D eigenvalue weighted by molar-refractivity contribution is 0.891. The summed E-state index contributed by atoms with van der Waals surface area (Å²) in [4.78, 5) is 8.51. The van der Waals surface area contributed by atoms with Crippen molar-refractivity contribution < 1.29 is 0 Å². The molecule has 0 fully saturated rings. The van der Waals surface area contributed by atoms with E-state index in [1.54, 1.807) is 24.4 Å². The molecular weight excluding hydrogens is 257 g/mol. The molecular formula is C12H11Cl2N3. The lowest BCUT2D eigenvalue weighted by Crippen LogP contribution is -2.04. The first-order valence-corrected chi connectivity index (χ1v) is 5.89. The van der Waals surface area contributed by atoms with Crippen LogP contribution in [0.15, 0.2) is 30.5 Å². The van der Waals surface area contributed by atoms with Gasteiger partial charge in [0.2, 0.25) is 0 Å². The Morgan fingerprint density at radius 1 is 1.18 bits per heavy atom. The number of aromatic nitrogens is 2. The Balaban J connectivity index is 2.25. The Bertz CT molecular complexity index is 529. The van der Waals surface area contributed by atoms with E-state index >= 15 is 0 Å². The molecule has 1 heterocycles. The molecule has 5 heteroatoms. The average molecular weight is 268 g/mol. The SMILES string of the molecule is NCc1ccnc(Cc2ccc(Cl)cc2Cl)n1. The van der Waals surface area contributed by atoms with Crippen LogP contribution < -0.4 is 5.73 Å². The number of benzene rings is 1. The molecule has 0 amide bonds. The zero-order valence-electron chi connectivity index (χ0n) is 9.03. The molecule has 2 rings (SSSR count). The number of rotatable bonds is 3. The second kappa shape index (κ2) is 5.45. The number of nitrogens with zero attached hydrogens (tertiary/aromatic N) is 2. The fraction of sp³-hybridized carbons (Fsp3) is 0.167. The van der Waals surface area contributed by atoms with Gasteiger partial charge < -0.3 is 5.73 Å². The molecule has 0 radical (unpaired) electrons. The van der Waals surface area contributed by atoms with E-state index in [0.29, 0.717) is 28.8 Å². The predicted molar refractivity (Wildman–Crippen MR) is 69.2 cm³/mol. The quantitative estimate of drug-likeness (QED) is 0.931. The summed E-state index contributed by atoms with van der Waals surface area (Å²) in [6.07, 6.45) is 2.28. The van der Waals surface area contributed by atoms with Crippen LogP contribution >= 0.6 is 23.2 Å². The van der Waals surface area contributed by atoms with E-state index in [1.807, 2.05) is 6.07 Å². The van der Waals surface area contributed by atoms with Gasteiger partial charge in [0.05, 0.1) is 5.69 Å². The summed E-state index contributed by atoms with van der Waals surface area (Å²) >= 11 is 11.9. The minimum Gasteiger partial charge on any atom is -0.325 e. The van der Waals surface area contributed by atoms with Crippen LogP contribution in [0.25, 0.3) is 0 Å². The number of hydrogen-bond acceptors (Lipinski definition) is 3. The normalized spacial score (nSPS) is 10.5. The molecule has 2 aromatic rings. The van der Waals surface area contributed by atoms with Gasteiger partial charge in [-0.05, 0) is 23.8 Å². The summed E-state index contributed by atoms with van der Waals surface area (Å²) in [5.74, 6) is 0.706. The molecule has 17 heavy (non-hydrogen) atoms. The van der Waals surface area contributed by atoms with Gasteiger partial charge in [-0.3, -0.25) is 0 Å². The van der Waals surface area contributed by atoms with Crippen molar-refractivity contribution in [1.29, 1.82) is 0 Å². The summed E-state index contributed by atoms with van der Waals surface area (Å²) in [6, 6.07) is 7.19. The lowest BCUT2D eigenvalue weighted by atomic mass is 10.1. The van der Waals surface area contributed by atoms with Gasteiger partial charge in [0.1, 0.15) is 5.82 Å². The van der Waals surface area contributed by atoms with Crippen molar-refractivity contribution in [3.63, 3.8) is 0 Å². The molecule has 88 valence electrons. The molecule has 0 aliphatic heterocycles. The van der Waals surface area contributed by atoms with Gasteiger partial charge in [-0.2, -0.15) is 0 Å². The zero-order valence-corrected chi connectivity index (χ0v) is 10.5. The zero-order chi connectivity index (χ0) is 12.3. The van der Waals surface area contributed by atoms with Crippen molar-refractivity contribution >= 4 is 23.2 Å². The largest absolute Gasteiger partial charge is 0.325 e. The van der Waals surface area contributed by atoms with Crippen molar-refractivity contribution in [1.82, 2.24) is 9.97 Å². The second-order valence-electron chi connectivity index (χ2n) is 3.58. The van der Waals surface area contributed by atoms with E-state index in [2.05, 4.69) is 9.97 Å². The van der Waals surface area contributed by atoms with Gasteiger partial charge in [0, 0.05) is 29.2 Å². The maximum atomic E-state index is 6.09. The molecule has 0 bridgehead atoms. The minimum atomic E-state index is 0.407. The third-order valence-corrected chi connectivity index (χ3v) is 2.92. The summed E-state index contributed by atoms with van der Waals surface area (Å²) in [6.45, 7) is 0.407. The van der Waals surface area contributed by atoms with Crippen LogP contribution in [0.2, 0.25) is 10.0 Å². The first kappa shape index (κ1) is 12.3. The van der Waals surface area contributed by atoms with E-state index in [0.717, 1.165) is 11.3 Å². The molecule has 1 aromatic carbocycles. The molecule has 0 spiro atoms. The Labute approximate surface area is 110 Å². The van der Waals surface area contributed by atoms with E-state index in [9.17, 15) is 0 Å². The van der Waals surface area contributed by atoms with E-state index in [-0.39, 0.29) is 0 Å². The summed E-state index contributed by atoms with van der Waals surface area (Å²) in [5, 5.41) is 1.25. The Kier molecular flexibility index (Phi) is 3.94. The molecule has 1 aromatic heterocycles. The minimum absolute atomic E-state index is 0.407. The highest BCUT2D eigenvalue weighted by atomic mass is 35.5.